The molecule has 0 heterocycles. The fourth-order valence-electron chi connectivity index (χ4n) is 0. The van der Waals surface area contributed by atoms with E-state index in [1.165, 1.54) is 0 Å². The van der Waals surface area contributed by atoms with E-state index in [0.717, 1.165) is 0 Å². The van der Waals surface area contributed by atoms with Crippen LogP contribution in [0.1, 0.15) is 0 Å². The summed E-state index contributed by atoms with van der Waals surface area (Å²) in [6.07, 6.45) is 0. The van der Waals surface area contributed by atoms with Crippen LogP contribution < -0.4 is 0 Å². The third kappa shape index (κ3) is 483. The second-order valence-electron chi connectivity index (χ2n) is 0.429. The zero-order valence-corrected chi connectivity index (χ0v) is 7.46. The SMILES string of the molecule is [F][Ge]([F])[F].[F][Ge]([F])[F]. The predicted octanol–water partition coefficient (Wildman–Crippen LogP) is 1.76. The summed E-state index contributed by atoms with van der Waals surface area (Å²) in [6, 6.07) is 0. The molecule has 0 saturated heterocycles. The zero-order valence-electron chi connectivity index (χ0n) is 3.27. The molecule has 0 aliphatic heterocycles. The van der Waals surface area contributed by atoms with Gasteiger partial charge in [0.1, 0.15) is 0 Å². The average Bonchev–Trinajstić information content (AvgIpc) is 1.25. The number of hydrogen-bond acceptors (Lipinski definition) is 0. The molecule has 0 saturated carbocycles. The summed E-state index contributed by atoms with van der Waals surface area (Å²) in [7, 11) is 0. The van der Waals surface area contributed by atoms with Gasteiger partial charge < -0.3 is 0 Å². The van der Waals surface area contributed by atoms with Crippen LogP contribution in [0, 0.1) is 0 Å². The molecule has 0 nitrogen and oxygen atoms in total. The Bertz CT molecular complexity index is 22.0. The van der Waals surface area contributed by atoms with E-state index in [4.69, 9.17) is 0 Å². The Morgan fingerprint density at radius 1 is 0.500 bits per heavy atom. The molecule has 50 valence electrons. The molecule has 0 unspecified atom stereocenters. The van der Waals surface area contributed by atoms with E-state index in [0.29, 0.717) is 0 Å². The van der Waals surface area contributed by atoms with Crippen LogP contribution in [-0.4, -0.2) is 31.5 Å². The van der Waals surface area contributed by atoms with E-state index in [2.05, 4.69) is 0 Å². The monoisotopic (exact) mass is 262 g/mol. The van der Waals surface area contributed by atoms with Crippen molar-refractivity contribution in [2.75, 3.05) is 0 Å². The Hall–Kier alpha value is 0.666. The Labute approximate surface area is 53.0 Å². The zero-order chi connectivity index (χ0) is 7.15. The van der Waals surface area contributed by atoms with E-state index in [-0.39, 0.29) is 0 Å². The Kier molecular flexibility index (Phi) is 11.0. The van der Waals surface area contributed by atoms with Gasteiger partial charge in [-0.25, -0.2) is 0 Å². The minimum atomic E-state index is -4.83. The van der Waals surface area contributed by atoms with Crippen molar-refractivity contribution in [1.29, 1.82) is 0 Å². The summed E-state index contributed by atoms with van der Waals surface area (Å²) in [5.41, 5.74) is 0. The second kappa shape index (κ2) is 7.67. The van der Waals surface area contributed by atoms with Crippen LogP contribution in [0.15, 0.2) is 0 Å². The first-order valence-corrected chi connectivity index (χ1v) is 5.89. The maximum absolute atomic E-state index is 9.83. The topological polar surface area (TPSA) is 0 Å². The van der Waals surface area contributed by atoms with Crippen LogP contribution in [-0.2, 0) is 0 Å². The summed E-state index contributed by atoms with van der Waals surface area (Å²) in [6.45, 7) is 0. The first kappa shape index (κ1) is 11.5. The molecule has 0 amide bonds. The van der Waals surface area contributed by atoms with Gasteiger partial charge in [-0.3, -0.25) is 0 Å². The van der Waals surface area contributed by atoms with E-state index >= 15 is 0 Å². The summed E-state index contributed by atoms with van der Waals surface area (Å²) < 4.78 is 59.0. The van der Waals surface area contributed by atoms with Gasteiger partial charge in [0.05, 0.1) is 0 Å². The van der Waals surface area contributed by atoms with Gasteiger partial charge in [-0.2, -0.15) is 0 Å². The van der Waals surface area contributed by atoms with Gasteiger partial charge in [-0.15, -0.1) is 0 Å². The van der Waals surface area contributed by atoms with Crippen LogP contribution >= 0.6 is 0 Å². The Morgan fingerprint density at radius 3 is 0.500 bits per heavy atom. The normalized spacial score (nSPS) is 9.00. The standard InChI is InChI=1S/2F3Ge/c2*1-4(2)3. The third-order valence-electron chi connectivity index (χ3n) is 0. The summed E-state index contributed by atoms with van der Waals surface area (Å²) >= 11 is -9.67. The van der Waals surface area contributed by atoms with Crippen LogP contribution in [0.5, 0.6) is 0 Å². The first-order valence-electron chi connectivity index (χ1n) is 1.13. The van der Waals surface area contributed by atoms with Gasteiger partial charge >= 0.3 is 52.5 Å². The van der Waals surface area contributed by atoms with Crippen molar-refractivity contribution in [3.63, 3.8) is 0 Å². The molecule has 8 heavy (non-hydrogen) atoms. The van der Waals surface area contributed by atoms with Crippen molar-refractivity contribution in [1.82, 2.24) is 0 Å². The first-order chi connectivity index (χ1) is 3.46. The fraction of sp³-hybridized carbons (Fsp3) is 0. The van der Waals surface area contributed by atoms with Crippen LogP contribution in [0.25, 0.3) is 0 Å². The molecule has 0 atom stereocenters. The summed E-state index contributed by atoms with van der Waals surface area (Å²) in [5.74, 6) is 0. The fourth-order valence-corrected chi connectivity index (χ4v) is 0. The minimum absolute atomic E-state index is 4.83. The van der Waals surface area contributed by atoms with Gasteiger partial charge in [-0.1, -0.05) is 0 Å². The molecule has 0 bridgehead atoms. The molecule has 0 aromatic rings. The van der Waals surface area contributed by atoms with Crippen molar-refractivity contribution in [3.8, 4) is 0 Å². The second-order valence-corrected chi connectivity index (χ2v) is 2.23. The Morgan fingerprint density at radius 2 is 0.500 bits per heavy atom. The molecule has 0 N–H and O–H groups in total. The quantitative estimate of drug-likeness (QED) is 0.459. The van der Waals surface area contributed by atoms with Gasteiger partial charge in [0, 0.05) is 0 Å². The van der Waals surface area contributed by atoms with Crippen molar-refractivity contribution in [2.45, 2.75) is 0 Å². The van der Waals surface area contributed by atoms with Gasteiger partial charge in [0.25, 0.3) is 0 Å². The van der Waals surface area contributed by atoms with Crippen molar-refractivity contribution >= 4 is 31.5 Å². The van der Waals surface area contributed by atoms with Crippen LogP contribution in [0.2, 0.25) is 0 Å². The molecule has 2 radical (unpaired) electrons. The molecule has 0 spiro atoms. The van der Waals surface area contributed by atoms with Crippen LogP contribution in [0.3, 0.4) is 0 Å². The summed E-state index contributed by atoms with van der Waals surface area (Å²) in [4.78, 5) is 0. The van der Waals surface area contributed by atoms with Crippen molar-refractivity contribution in [2.24, 2.45) is 0 Å². The molecule has 0 aliphatic rings. The van der Waals surface area contributed by atoms with Crippen LogP contribution in [0.4, 0.5) is 21.0 Å². The van der Waals surface area contributed by atoms with Gasteiger partial charge in [0.15, 0.2) is 0 Å². The predicted molar refractivity (Wildman–Crippen MR) is 18.2 cm³/mol. The van der Waals surface area contributed by atoms with E-state index in [1.807, 2.05) is 0 Å². The van der Waals surface area contributed by atoms with Crippen molar-refractivity contribution in [3.05, 3.63) is 0 Å². The molecule has 0 aromatic heterocycles. The van der Waals surface area contributed by atoms with Crippen molar-refractivity contribution < 1.29 is 21.0 Å². The van der Waals surface area contributed by atoms with E-state index in [1.54, 1.807) is 0 Å². The van der Waals surface area contributed by atoms with E-state index < -0.39 is 31.5 Å². The molecule has 0 rings (SSSR count). The van der Waals surface area contributed by atoms with E-state index in [9.17, 15) is 21.0 Å². The average molecular weight is 259 g/mol. The third-order valence-corrected chi connectivity index (χ3v) is 0. The Balaban J connectivity index is 0. The maximum atomic E-state index is 9.83. The molecular weight excluding hydrogens is 259 g/mol. The van der Waals surface area contributed by atoms with Gasteiger partial charge in [0.2, 0.25) is 0 Å². The molecule has 0 aromatic carbocycles. The summed E-state index contributed by atoms with van der Waals surface area (Å²) in [5, 5.41) is 0. The number of halogens is 6. The molecule has 0 fully saturated rings. The number of hydrogen-bond donors (Lipinski definition) is 0. The molecule has 8 heteroatoms. The van der Waals surface area contributed by atoms with Gasteiger partial charge in [-0.05, 0) is 0 Å². The molecule has 0 aliphatic carbocycles. The molecular formula is F6Ge2. The number of rotatable bonds is 0.